The Hall–Kier alpha value is -1.06. The molecule has 2 unspecified atom stereocenters. The molecule has 0 aliphatic carbocycles. The van der Waals surface area contributed by atoms with Crippen LogP contribution >= 0.6 is 0 Å². The number of carbonyl (C=O) groups excluding carboxylic acids is 2. The zero-order valence-corrected chi connectivity index (χ0v) is 26.2. The molecule has 0 bridgehead atoms. The van der Waals surface area contributed by atoms with E-state index < -0.39 is 0 Å². The summed E-state index contributed by atoms with van der Waals surface area (Å²) in [5, 5.41) is 0. The first-order valence-electron chi connectivity index (χ1n) is 16.9. The molecule has 0 radical (unpaired) electrons. The van der Waals surface area contributed by atoms with Crippen molar-refractivity contribution < 1.29 is 19.1 Å². The van der Waals surface area contributed by atoms with Gasteiger partial charge in [0.15, 0.2) is 0 Å². The molecule has 0 spiro atoms. The summed E-state index contributed by atoms with van der Waals surface area (Å²) >= 11 is 0. The number of esters is 2. The number of hydrogen-bond acceptors (Lipinski definition) is 4. The molecular weight excluding hydrogens is 472 g/mol. The number of unbranched alkanes of at least 4 members (excludes halogenated alkanes) is 19. The predicted molar refractivity (Wildman–Crippen MR) is 162 cm³/mol. The second kappa shape index (κ2) is 28.9. The second-order valence-electron chi connectivity index (χ2n) is 11.7. The molecule has 0 rings (SSSR count). The Kier molecular flexibility index (Phi) is 28.1. The van der Waals surface area contributed by atoms with Gasteiger partial charge in [-0.15, -0.1) is 0 Å². The van der Waals surface area contributed by atoms with E-state index in [9.17, 15) is 9.59 Å². The van der Waals surface area contributed by atoms with Crippen LogP contribution in [0.2, 0.25) is 0 Å². The van der Waals surface area contributed by atoms with Crippen molar-refractivity contribution in [3.05, 3.63) is 0 Å². The molecule has 0 aliphatic heterocycles. The van der Waals surface area contributed by atoms with Crippen molar-refractivity contribution in [2.75, 3.05) is 0 Å². The maximum absolute atomic E-state index is 11.9. The Labute approximate surface area is 237 Å². The molecule has 0 aromatic rings. The lowest BCUT2D eigenvalue weighted by Crippen LogP contribution is -2.14. The van der Waals surface area contributed by atoms with Crippen LogP contribution in [0.15, 0.2) is 0 Å². The molecule has 0 saturated heterocycles. The third kappa shape index (κ3) is 28.0. The molecule has 4 heteroatoms. The molecular formula is C34H66O4. The molecule has 0 aromatic carbocycles. The van der Waals surface area contributed by atoms with Gasteiger partial charge in [0.2, 0.25) is 0 Å². The highest BCUT2D eigenvalue weighted by Gasteiger charge is 2.10. The van der Waals surface area contributed by atoms with Crippen LogP contribution in [0, 0.1) is 0 Å². The third-order valence-corrected chi connectivity index (χ3v) is 7.61. The van der Waals surface area contributed by atoms with Crippen LogP contribution in [-0.2, 0) is 19.1 Å². The molecule has 0 amide bonds. The minimum absolute atomic E-state index is 0.00590. The van der Waals surface area contributed by atoms with E-state index in [4.69, 9.17) is 9.47 Å². The maximum Gasteiger partial charge on any atom is 0.306 e. The fourth-order valence-corrected chi connectivity index (χ4v) is 5.06. The van der Waals surface area contributed by atoms with E-state index in [1.807, 2.05) is 13.8 Å². The Morgan fingerprint density at radius 1 is 0.421 bits per heavy atom. The van der Waals surface area contributed by atoms with Crippen molar-refractivity contribution in [1.82, 2.24) is 0 Å². The van der Waals surface area contributed by atoms with E-state index in [2.05, 4.69) is 13.8 Å². The Morgan fingerprint density at radius 3 is 0.974 bits per heavy atom. The van der Waals surface area contributed by atoms with Crippen LogP contribution in [0.4, 0.5) is 0 Å². The molecule has 38 heavy (non-hydrogen) atoms. The SMILES string of the molecule is CCCCCCC(C)OC(=O)CCCCCCCCCCCCCCCCC(=O)OC(C)CCCCCC. The molecule has 0 saturated carbocycles. The van der Waals surface area contributed by atoms with Crippen molar-refractivity contribution in [3.8, 4) is 0 Å². The summed E-state index contributed by atoms with van der Waals surface area (Å²) in [6.45, 7) is 8.50. The smallest absolute Gasteiger partial charge is 0.306 e. The summed E-state index contributed by atoms with van der Waals surface area (Å²) in [4.78, 5) is 23.9. The largest absolute Gasteiger partial charge is 0.463 e. The van der Waals surface area contributed by atoms with Gasteiger partial charge in [0.05, 0.1) is 12.2 Å². The molecule has 0 N–H and O–H groups in total. The lowest BCUT2D eigenvalue weighted by atomic mass is 10.0. The molecule has 0 heterocycles. The molecule has 0 fully saturated rings. The van der Waals surface area contributed by atoms with Gasteiger partial charge in [-0.25, -0.2) is 0 Å². The predicted octanol–water partition coefficient (Wildman–Crippen LogP) is 11.0. The summed E-state index contributed by atoms with van der Waals surface area (Å²) in [6, 6.07) is 0. The molecule has 4 nitrogen and oxygen atoms in total. The van der Waals surface area contributed by atoms with Crippen molar-refractivity contribution in [1.29, 1.82) is 0 Å². The van der Waals surface area contributed by atoms with Gasteiger partial charge in [0.25, 0.3) is 0 Å². The lowest BCUT2D eigenvalue weighted by molar-refractivity contribution is -0.149. The zero-order valence-electron chi connectivity index (χ0n) is 26.2. The minimum Gasteiger partial charge on any atom is -0.463 e. The number of carbonyl (C=O) groups is 2. The first kappa shape index (κ1) is 36.9. The van der Waals surface area contributed by atoms with E-state index in [-0.39, 0.29) is 24.1 Å². The van der Waals surface area contributed by atoms with Crippen molar-refractivity contribution in [2.45, 2.75) is 207 Å². The van der Waals surface area contributed by atoms with Crippen molar-refractivity contribution >= 4 is 11.9 Å². The van der Waals surface area contributed by atoms with E-state index in [0.29, 0.717) is 12.8 Å². The maximum atomic E-state index is 11.9. The van der Waals surface area contributed by atoms with Gasteiger partial charge in [-0.3, -0.25) is 9.59 Å². The summed E-state index contributed by atoms with van der Waals surface area (Å²) in [5.74, 6) is -0.0118. The summed E-state index contributed by atoms with van der Waals surface area (Å²) in [5.41, 5.74) is 0. The van der Waals surface area contributed by atoms with Gasteiger partial charge >= 0.3 is 11.9 Å². The normalized spacial score (nSPS) is 12.8. The highest BCUT2D eigenvalue weighted by Crippen LogP contribution is 2.15. The average molecular weight is 539 g/mol. The van der Waals surface area contributed by atoms with Gasteiger partial charge in [-0.1, -0.05) is 129 Å². The lowest BCUT2D eigenvalue weighted by Gasteiger charge is -2.13. The van der Waals surface area contributed by atoms with Gasteiger partial charge in [-0.05, 0) is 52.4 Å². The Morgan fingerprint density at radius 2 is 0.684 bits per heavy atom. The van der Waals surface area contributed by atoms with Crippen LogP contribution in [0.1, 0.15) is 195 Å². The fourth-order valence-electron chi connectivity index (χ4n) is 5.06. The first-order valence-corrected chi connectivity index (χ1v) is 16.9. The Balaban J connectivity index is 3.32. The quantitative estimate of drug-likeness (QED) is 0.0702. The average Bonchev–Trinajstić information content (AvgIpc) is 2.88. The summed E-state index contributed by atoms with van der Waals surface area (Å²) in [7, 11) is 0. The van der Waals surface area contributed by atoms with Crippen molar-refractivity contribution in [3.63, 3.8) is 0 Å². The van der Waals surface area contributed by atoms with Gasteiger partial charge in [-0.2, -0.15) is 0 Å². The van der Waals surface area contributed by atoms with Gasteiger partial charge < -0.3 is 9.47 Å². The van der Waals surface area contributed by atoms with Crippen LogP contribution in [0.5, 0.6) is 0 Å². The van der Waals surface area contributed by atoms with Gasteiger partial charge in [0.1, 0.15) is 0 Å². The monoisotopic (exact) mass is 538 g/mol. The van der Waals surface area contributed by atoms with E-state index in [0.717, 1.165) is 38.5 Å². The Bertz CT molecular complexity index is 473. The molecule has 226 valence electrons. The first-order chi connectivity index (χ1) is 18.5. The standard InChI is InChI=1S/C34H66O4/c1-5-7-9-23-27-31(3)37-33(35)29-25-21-19-17-15-13-11-12-14-16-18-20-22-26-30-34(36)38-32(4)28-24-10-8-6-2/h31-32H,5-30H2,1-4H3. The van der Waals surface area contributed by atoms with E-state index >= 15 is 0 Å². The summed E-state index contributed by atoms with van der Waals surface area (Å²) < 4.78 is 11.1. The van der Waals surface area contributed by atoms with Crippen LogP contribution in [0.25, 0.3) is 0 Å². The minimum atomic E-state index is -0.00590. The second-order valence-corrected chi connectivity index (χ2v) is 11.7. The molecule has 0 aromatic heterocycles. The topological polar surface area (TPSA) is 52.6 Å². The number of rotatable bonds is 29. The molecule has 2 atom stereocenters. The third-order valence-electron chi connectivity index (χ3n) is 7.61. The van der Waals surface area contributed by atoms with Crippen molar-refractivity contribution in [2.24, 2.45) is 0 Å². The summed E-state index contributed by atoms with van der Waals surface area (Å²) in [6.07, 6.45) is 30.6. The van der Waals surface area contributed by atoms with E-state index in [1.54, 1.807) is 0 Å². The highest BCUT2D eigenvalue weighted by molar-refractivity contribution is 5.69. The number of hydrogen-bond donors (Lipinski definition) is 0. The van der Waals surface area contributed by atoms with Crippen LogP contribution < -0.4 is 0 Å². The van der Waals surface area contributed by atoms with Crippen LogP contribution in [0.3, 0.4) is 0 Å². The fraction of sp³-hybridized carbons (Fsp3) is 0.941. The highest BCUT2D eigenvalue weighted by atomic mass is 16.5. The van der Waals surface area contributed by atoms with E-state index in [1.165, 1.54) is 116 Å². The zero-order chi connectivity index (χ0) is 28.1. The number of ether oxygens (including phenoxy) is 2. The van der Waals surface area contributed by atoms with Crippen LogP contribution in [-0.4, -0.2) is 24.1 Å². The van der Waals surface area contributed by atoms with Gasteiger partial charge in [0, 0.05) is 12.8 Å². The molecule has 0 aliphatic rings.